The van der Waals surface area contributed by atoms with Gasteiger partial charge in [0.05, 0.1) is 0 Å². The lowest BCUT2D eigenvalue weighted by Crippen LogP contribution is -2.52. The number of carbonyl (C=O) groups is 1. The molecule has 2 heterocycles. The van der Waals surface area contributed by atoms with E-state index in [4.69, 9.17) is 0 Å². The number of rotatable bonds is 6. The summed E-state index contributed by atoms with van der Waals surface area (Å²) in [6.45, 7) is 2.85. The minimum absolute atomic E-state index is 0.219. The average Bonchev–Trinajstić information content (AvgIpc) is 3.16. The first-order valence-electron chi connectivity index (χ1n) is 8.44. The zero-order valence-corrected chi connectivity index (χ0v) is 15.8. The predicted molar refractivity (Wildman–Crippen MR) is 98.9 cm³/mol. The summed E-state index contributed by atoms with van der Waals surface area (Å²) in [4.78, 5) is 12.7. The van der Waals surface area contributed by atoms with Crippen LogP contribution in [0.1, 0.15) is 30.9 Å². The molecule has 1 amide bonds. The van der Waals surface area contributed by atoms with Crippen molar-refractivity contribution in [3.63, 3.8) is 0 Å². The molecule has 0 fully saturated rings. The van der Waals surface area contributed by atoms with Crippen molar-refractivity contribution < 1.29 is 13.2 Å². The number of hydrogen-bond donors (Lipinski definition) is 1. The Morgan fingerprint density at radius 3 is 2.68 bits per heavy atom. The maximum atomic E-state index is 13.1. The van der Waals surface area contributed by atoms with Crippen LogP contribution in [-0.4, -0.2) is 31.2 Å². The van der Waals surface area contributed by atoms with Crippen molar-refractivity contribution in [2.45, 2.75) is 43.0 Å². The van der Waals surface area contributed by atoms with Gasteiger partial charge < -0.3 is 5.32 Å². The molecular formula is C18H22N2O3S2. The Kier molecular flexibility index (Phi) is 5.56. The van der Waals surface area contributed by atoms with E-state index in [9.17, 15) is 13.2 Å². The number of amides is 1. The number of sulfonamides is 1. The number of benzene rings is 1. The number of thiophene rings is 1. The number of carbonyl (C=O) groups excluding carboxylic acids is 1. The SMILES string of the molecule is CCCCNC(=O)C1Cc2ccccc2CN1S(=O)(=O)c1cccs1. The second-order valence-electron chi connectivity index (χ2n) is 6.12. The highest BCUT2D eigenvalue weighted by Gasteiger charge is 2.39. The fourth-order valence-corrected chi connectivity index (χ4v) is 5.69. The Morgan fingerprint density at radius 1 is 1.24 bits per heavy atom. The molecule has 3 rings (SSSR count). The Labute approximate surface area is 152 Å². The molecular weight excluding hydrogens is 356 g/mol. The van der Waals surface area contributed by atoms with Crippen molar-refractivity contribution in [3.05, 3.63) is 52.9 Å². The highest BCUT2D eigenvalue weighted by atomic mass is 32.2. The molecule has 1 aromatic carbocycles. The van der Waals surface area contributed by atoms with Crippen molar-refractivity contribution in [1.82, 2.24) is 9.62 Å². The van der Waals surface area contributed by atoms with Crippen molar-refractivity contribution in [2.75, 3.05) is 6.54 Å². The molecule has 7 heteroatoms. The van der Waals surface area contributed by atoms with Gasteiger partial charge in [-0.15, -0.1) is 11.3 Å². The smallest absolute Gasteiger partial charge is 0.253 e. The zero-order chi connectivity index (χ0) is 17.9. The summed E-state index contributed by atoms with van der Waals surface area (Å²) in [6.07, 6.45) is 2.26. The van der Waals surface area contributed by atoms with Crippen LogP contribution in [0.5, 0.6) is 0 Å². The van der Waals surface area contributed by atoms with Crippen LogP contribution in [0, 0.1) is 0 Å². The number of hydrogen-bond acceptors (Lipinski definition) is 4. The quantitative estimate of drug-likeness (QED) is 0.786. The van der Waals surface area contributed by atoms with Crippen LogP contribution in [0.2, 0.25) is 0 Å². The molecule has 134 valence electrons. The minimum Gasteiger partial charge on any atom is -0.355 e. The van der Waals surface area contributed by atoms with E-state index >= 15 is 0 Å². The van der Waals surface area contributed by atoms with E-state index in [1.807, 2.05) is 24.3 Å². The fraction of sp³-hybridized carbons (Fsp3) is 0.389. The van der Waals surface area contributed by atoms with Gasteiger partial charge in [0.1, 0.15) is 10.3 Å². The van der Waals surface area contributed by atoms with Gasteiger partial charge in [0, 0.05) is 13.1 Å². The van der Waals surface area contributed by atoms with Crippen LogP contribution in [0.3, 0.4) is 0 Å². The van der Waals surface area contributed by atoms with E-state index in [1.165, 1.54) is 15.6 Å². The molecule has 5 nitrogen and oxygen atoms in total. The number of fused-ring (bicyclic) bond motifs is 1. The first kappa shape index (κ1) is 18.1. The van der Waals surface area contributed by atoms with Crippen molar-refractivity contribution in [2.24, 2.45) is 0 Å². The lowest BCUT2D eigenvalue weighted by molar-refractivity contribution is -0.125. The summed E-state index contributed by atoms with van der Waals surface area (Å²) in [7, 11) is -3.70. The van der Waals surface area contributed by atoms with Gasteiger partial charge in [-0.3, -0.25) is 4.79 Å². The van der Waals surface area contributed by atoms with Gasteiger partial charge in [-0.1, -0.05) is 43.7 Å². The highest BCUT2D eigenvalue weighted by molar-refractivity contribution is 7.91. The Morgan fingerprint density at radius 2 is 2.00 bits per heavy atom. The standard InChI is InChI=1S/C18H22N2O3S2/c1-2-3-10-19-18(21)16-12-14-7-4-5-8-15(14)13-20(16)25(22,23)17-9-6-11-24-17/h4-9,11,16H,2-3,10,12-13H2,1H3,(H,19,21). The number of nitrogens with zero attached hydrogens (tertiary/aromatic N) is 1. The van der Waals surface area contributed by atoms with Crippen molar-refractivity contribution in [1.29, 1.82) is 0 Å². The maximum absolute atomic E-state index is 13.1. The highest BCUT2D eigenvalue weighted by Crippen LogP contribution is 2.30. The van der Waals surface area contributed by atoms with Crippen LogP contribution >= 0.6 is 11.3 Å². The van der Waals surface area contributed by atoms with Crippen LogP contribution < -0.4 is 5.32 Å². The summed E-state index contributed by atoms with van der Waals surface area (Å²) in [5.74, 6) is -0.219. The maximum Gasteiger partial charge on any atom is 0.253 e. The first-order chi connectivity index (χ1) is 12.0. The molecule has 1 aromatic heterocycles. The molecule has 2 aromatic rings. The fourth-order valence-electron chi connectivity index (χ4n) is 3.01. The molecule has 1 atom stereocenters. The topological polar surface area (TPSA) is 66.5 Å². The molecule has 0 saturated carbocycles. The molecule has 25 heavy (non-hydrogen) atoms. The van der Waals surface area contributed by atoms with Crippen molar-refractivity contribution in [3.8, 4) is 0 Å². The van der Waals surface area contributed by atoms with Crippen LogP contribution in [0.15, 0.2) is 46.0 Å². The Hall–Kier alpha value is -1.70. The predicted octanol–water partition coefficient (Wildman–Crippen LogP) is 2.78. The molecule has 0 bridgehead atoms. The van der Waals surface area contributed by atoms with E-state index in [2.05, 4.69) is 12.2 Å². The second kappa shape index (κ2) is 7.68. The summed E-state index contributed by atoms with van der Waals surface area (Å²) >= 11 is 1.18. The van der Waals surface area contributed by atoms with Gasteiger partial charge in [-0.05, 0) is 35.4 Å². The van der Waals surface area contributed by atoms with Gasteiger partial charge in [-0.25, -0.2) is 8.42 Å². The lowest BCUT2D eigenvalue weighted by atomic mass is 9.95. The summed E-state index contributed by atoms with van der Waals surface area (Å²) in [5, 5.41) is 4.63. The van der Waals surface area contributed by atoms with E-state index in [0.717, 1.165) is 24.0 Å². The van der Waals surface area contributed by atoms with Gasteiger partial charge in [-0.2, -0.15) is 4.31 Å². The first-order valence-corrected chi connectivity index (χ1v) is 10.8. The second-order valence-corrected chi connectivity index (χ2v) is 9.18. The van der Waals surface area contributed by atoms with E-state index in [0.29, 0.717) is 13.0 Å². The normalized spacial score (nSPS) is 17.9. The summed E-state index contributed by atoms with van der Waals surface area (Å²) < 4.78 is 27.7. The summed E-state index contributed by atoms with van der Waals surface area (Å²) in [6, 6.07) is 10.3. The Balaban J connectivity index is 1.93. The molecule has 0 aliphatic carbocycles. The molecule has 1 N–H and O–H groups in total. The van der Waals surface area contributed by atoms with Crippen LogP contribution in [0.4, 0.5) is 0 Å². The third-order valence-electron chi connectivity index (χ3n) is 4.40. The molecule has 1 unspecified atom stereocenters. The van der Waals surface area contributed by atoms with Gasteiger partial charge in [0.25, 0.3) is 10.0 Å². The largest absolute Gasteiger partial charge is 0.355 e. The number of unbranched alkanes of at least 4 members (excludes halogenated alkanes) is 1. The third kappa shape index (κ3) is 3.78. The van der Waals surface area contributed by atoms with E-state index in [-0.39, 0.29) is 16.7 Å². The van der Waals surface area contributed by atoms with E-state index < -0.39 is 16.1 Å². The molecule has 0 saturated heterocycles. The zero-order valence-electron chi connectivity index (χ0n) is 14.1. The summed E-state index contributed by atoms with van der Waals surface area (Å²) in [5.41, 5.74) is 2.00. The van der Waals surface area contributed by atoms with E-state index in [1.54, 1.807) is 17.5 Å². The molecule has 1 aliphatic rings. The van der Waals surface area contributed by atoms with Crippen molar-refractivity contribution >= 4 is 27.3 Å². The third-order valence-corrected chi connectivity index (χ3v) is 7.62. The van der Waals surface area contributed by atoms with Gasteiger partial charge >= 0.3 is 0 Å². The van der Waals surface area contributed by atoms with Gasteiger partial charge in [0.15, 0.2) is 0 Å². The van der Waals surface area contributed by atoms with Crippen LogP contribution in [-0.2, 0) is 27.8 Å². The molecule has 0 spiro atoms. The minimum atomic E-state index is -3.70. The Bertz CT molecular complexity index is 832. The monoisotopic (exact) mass is 378 g/mol. The van der Waals surface area contributed by atoms with Gasteiger partial charge in [0.2, 0.25) is 5.91 Å². The molecule has 1 aliphatic heterocycles. The molecule has 0 radical (unpaired) electrons. The number of nitrogens with one attached hydrogen (secondary N) is 1. The van der Waals surface area contributed by atoms with Crippen LogP contribution in [0.25, 0.3) is 0 Å². The average molecular weight is 379 g/mol. The lowest BCUT2D eigenvalue weighted by Gasteiger charge is -2.34.